The van der Waals surface area contributed by atoms with Crippen molar-refractivity contribution >= 4 is 39.3 Å². The number of cyclic esters (lactones) is 1. The molecule has 2 aliphatic rings. The number of carbonyl (C=O) groups is 2. The van der Waals surface area contributed by atoms with Gasteiger partial charge in [0.05, 0.1) is 35.8 Å². The molecule has 0 aliphatic carbocycles. The molecular formula is C34H32BrF4N5O3. The van der Waals surface area contributed by atoms with Gasteiger partial charge in [-0.05, 0) is 83.0 Å². The highest BCUT2D eigenvalue weighted by atomic mass is 79.9. The van der Waals surface area contributed by atoms with Crippen LogP contribution in [0.5, 0.6) is 0 Å². The summed E-state index contributed by atoms with van der Waals surface area (Å²) in [6.45, 7) is 6.44. The first-order valence-corrected chi connectivity index (χ1v) is 15.9. The molecule has 8 nitrogen and oxygen atoms in total. The zero-order chi connectivity index (χ0) is 33.4. The van der Waals surface area contributed by atoms with Crippen LogP contribution < -0.4 is 15.1 Å². The van der Waals surface area contributed by atoms with Gasteiger partial charge >= 0.3 is 6.09 Å². The molecule has 3 heterocycles. The Morgan fingerprint density at radius 2 is 1.64 bits per heavy atom. The number of aromatic nitrogens is 1. The summed E-state index contributed by atoms with van der Waals surface area (Å²) in [4.78, 5) is 29.1. The first-order valence-electron chi connectivity index (χ1n) is 15.1. The minimum Gasteiger partial charge on any atom is -0.442 e. The monoisotopic (exact) mass is 713 g/mol. The number of benzene rings is 3. The van der Waals surface area contributed by atoms with E-state index in [2.05, 4.69) is 26.1 Å². The molecule has 0 bridgehead atoms. The van der Waals surface area contributed by atoms with E-state index >= 15 is 8.78 Å². The molecule has 2 saturated heterocycles. The van der Waals surface area contributed by atoms with Crippen molar-refractivity contribution in [3.63, 3.8) is 0 Å². The van der Waals surface area contributed by atoms with Gasteiger partial charge in [0.25, 0.3) is 0 Å². The SMILES string of the molecule is CC(=O)NC[C@H]1CN(c2ccc(N3CCN(Cc4cc(-c5ccc(F)cc5F)n(-c5cc(F)ccc5Br)c4C)CC3)c(F)c2)C(=O)O1. The van der Waals surface area contributed by atoms with Gasteiger partial charge in [0.2, 0.25) is 5.91 Å². The van der Waals surface area contributed by atoms with Gasteiger partial charge in [-0.2, -0.15) is 0 Å². The summed E-state index contributed by atoms with van der Waals surface area (Å²) in [5.41, 5.74) is 3.59. The molecule has 0 radical (unpaired) electrons. The van der Waals surface area contributed by atoms with E-state index in [1.54, 1.807) is 22.8 Å². The lowest BCUT2D eigenvalue weighted by molar-refractivity contribution is -0.119. The van der Waals surface area contributed by atoms with Crippen molar-refractivity contribution in [2.45, 2.75) is 26.5 Å². The second-order valence-corrected chi connectivity index (χ2v) is 12.5. The maximum Gasteiger partial charge on any atom is 0.414 e. The van der Waals surface area contributed by atoms with E-state index in [-0.39, 0.29) is 24.6 Å². The van der Waals surface area contributed by atoms with Crippen LogP contribution in [-0.2, 0) is 16.1 Å². The standard InChI is InChI=1S/C34H32BrF4N5O3/c1-20-22(13-32(27-6-3-23(36)14-29(27)38)44(20)33-15-24(37)4-7-28(33)35)18-41-9-11-42(12-10-41)31-8-5-25(16-30(31)39)43-19-26(47-34(43)46)17-40-21(2)45/h3-8,13-16,26H,9-12,17-19H2,1-2H3,(H,40,45)/t26-/m0/s1. The minimum absolute atomic E-state index is 0.180. The Morgan fingerprint density at radius 3 is 2.34 bits per heavy atom. The fraction of sp³-hybridized carbons (Fsp3) is 0.294. The van der Waals surface area contributed by atoms with E-state index in [1.165, 1.54) is 42.2 Å². The van der Waals surface area contributed by atoms with Crippen LogP contribution in [0.25, 0.3) is 16.9 Å². The van der Waals surface area contributed by atoms with Crippen LogP contribution in [0.3, 0.4) is 0 Å². The maximum atomic E-state index is 15.4. The van der Waals surface area contributed by atoms with Crippen LogP contribution in [0.2, 0.25) is 0 Å². The van der Waals surface area contributed by atoms with E-state index in [0.29, 0.717) is 60.0 Å². The van der Waals surface area contributed by atoms with Crippen molar-refractivity contribution in [1.29, 1.82) is 0 Å². The highest BCUT2D eigenvalue weighted by Crippen LogP contribution is 2.35. The predicted molar refractivity (Wildman–Crippen MR) is 174 cm³/mol. The molecule has 2 amide bonds. The van der Waals surface area contributed by atoms with Crippen LogP contribution in [0.15, 0.2) is 65.1 Å². The minimum atomic E-state index is -0.726. The fourth-order valence-corrected chi connectivity index (χ4v) is 6.51. The number of hydrogen-bond acceptors (Lipinski definition) is 5. The smallest absolute Gasteiger partial charge is 0.414 e. The van der Waals surface area contributed by atoms with Crippen LogP contribution >= 0.6 is 15.9 Å². The van der Waals surface area contributed by atoms with Crippen LogP contribution in [0, 0.1) is 30.2 Å². The Kier molecular flexibility index (Phi) is 9.29. The summed E-state index contributed by atoms with van der Waals surface area (Å²) in [5.74, 6) is -2.57. The average molecular weight is 715 g/mol. The molecule has 246 valence electrons. The van der Waals surface area contributed by atoms with Crippen molar-refractivity contribution in [1.82, 2.24) is 14.8 Å². The number of nitrogens with zero attached hydrogens (tertiary/aromatic N) is 4. The van der Waals surface area contributed by atoms with Gasteiger partial charge in [0.1, 0.15) is 29.4 Å². The number of amides is 2. The van der Waals surface area contributed by atoms with Crippen LogP contribution in [0.1, 0.15) is 18.2 Å². The molecule has 4 aromatic rings. The number of rotatable bonds is 8. The molecule has 1 aromatic heterocycles. The van der Waals surface area contributed by atoms with Gasteiger partial charge in [-0.3, -0.25) is 14.6 Å². The van der Waals surface area contributed by atoms with Crippen molar-refractivity contribution in [3.8, 4) is 16.9 Å². The molecule has 0 unspecified atom stereocenters. The summed E-state index contributed by atoms with van der Waals surface area (Å²) in [7, 11) is 0. The van der Waals surface area contributed by atoms with Gasteiger partial charge < -0.3 is 19.5 Å². The topological polar surface area (TPSA) is 70.1 Å². The third-order valence-electron chi connectivity index (χ3n) is 8.51. The number of carbonyl (C=O) groups excluding carboxylic acids is 2. The van der Waals surface area contributed by atoms with Gasteiger partial charge in [-0.15, -0.1) is 0 Å². The van der Waals surface area contributed by atoms with Crippen molar-refractivity contribution < 1.29 is 31.9 Å². The molecule has 13 heteroatoms. The number of halogens is 5. The summed E-state index contributed by atoms with van der Waals surface area (Å²) in [5, 5.41) is 2.62. The molecule has 1 atom stereocenters. The van der Waals surface area contributed by atoms with Gasteiger partial charge in [-0.1, -0.05) is 0 Å². The summed E-state index contributed by atoms with van der Waals surface area (Å²) in [6.07, 6.45) is -1.12. The molecule has 1 N–H and O–H groups in total. The third-order valence-corrected chi connectivity index (χ3v) is 9.18. The number of ether oxygens (including phenoxy) is 1. The lowest BCUT2D eigenvalue weighted by atomic mass is 10.1. The lowest BCUT2D eigenvalue weighted by Crippen LogP contribution is -2.46. The Labute approximate surface area is 277 Å². The Balaban J connectivity index is 1.17. The summed E-state index contributed by atoms with van der Waals surface area (Å²) >= 11 is 3.49. The fourth-order valence-electron chi connectivity index (χ4n) is 6.09. The van der Waals surface area contributed by atoms with Gasteiger partial charge in [-0.25, -0.2) is 22.4 Å². The summed E-state index contributed by atoms with van der Waals surface area (Å²) in [6, 6.07) is 14.2. The van der Waals surface area contributed by atoms with Gasteiger partial charge in [0.15, 0.2) is 0 Å². The highest BCUT2D eigenvalue weighted by molar-refractivity contribution is 9.10. The van der Waals surface area contributed by atoms with E-state index in [9.17, 15) is 18.4 Å². The Morgan fingerprint density at radius 1 is 0.915 bits per heavy atom. The van der Waals surface area contributed by atoms with Crippen molar-refractivity contribution in [2.24, 2.45) is 0 Å². The van der Waals surface area contributed by atoms with E-state index in [0.717, 1.165) is 17.3 Å². The zero-order valence-electron chi connectivity index (χ0n) is 25.7. The molecular weight excluding hydrogens is 682 g/mol. The molecule has 3 aromatic carbocycles. The van der Waals surface area contributed by atoms with Crippen molar-refractivity contribution in [2.75, 3.05) is 49.1 Å². The molecule has 2 aliphatic heterocycles. The van der Waals surface area contributed by atoms with Crippen LogP contribution in [0.4, 0.5) is 33.7 Å². The number of anilines is 2. The number of hydrogen-bond donors (Lipinski definition) is 1. The number of nitrogens with one attached hydrogen (secondary N) is 1. The normalized spacial score (nSPS) is 16.9. The predicted octanol–water partition coefficient (Wildman–Crippen LogP) is 6.56. The molecule has 47 heavy (non-hydrogen) atoms. The largest absolute Gasteiger partial charge is 0.442 e. The Bertz CT molecular complexity index is 1840. The molecule has 0 saturated carbocycles. The van der Waals surface area contributed by atoms with Crippen LogP contribution in [-0.4, -0.2) is 66.8 Å². The average Bonchev–Trinajstić information content (AvgIpc) is 3.56. The Hall–Kier alpha value is -4.36. The molecule has 0 spiro atoms. The van der Waals surface area contributed by atoms with E-state index < -0.39 is 35.5 Å². The second kappa shape index (κ2) is 13.4. The molecule has 2 fully saturated rings. The number of piperazine rings is 1. The summed E-state index contributed by atoms with van der Waals surface area (Å²) < 4.78 is 66.2. The van der Waals surface area contributed by atoms with E-state index in [1.807, 2.05) is 17.9 Å². The van der Waals surface area contributed by atoms with E-state index in [4.69, 9.17) is 4.74 Å². The lowest BCUT2D eigenvalue weighted by Gasteiger charge is -2.36. The third kappa shape index (κ3) is 6.86. The zero-order valence-corrected chi connectivity index (χ0v) is 27.3. The second-order valence-electron chi connectivity index (χ2n) is 11.6. The molecule has 6 rings (SSSR count). The highest BCUT2D eigenvalue weighted by Gasteiger charge is 2.33. The van der Waals surface area contributed by atoms with Crippen molar-refractivity contribution in [3.05, 3.63) is 99.7 Å². The first kappa shape index (κ1) is 32.6. The van der Waals surface area contributed by atoms with Gasteiger partial charge in [0, 0.05) is 61.4 Å². The maximum absolute atomic E-state index is 15.4. The first-order chi connectivity index (χ1) is 22.5. The quantitative estimate of drug-likeness (QED) is 0.210.